The van der Waals surface area contributed by atoms with Crippen LogP contribution in [0, 0.1) is 0 Å². The minimum Gasteiger partial charge on any atom is -0.495 e. The van der Waals surface area contributed by atoms with Crippen LogP contribution in [0.2, 0.25) is 0 Å². The lowest BCUT2D eigenvalue weighted by Gasteiger charge is -2.29. The second kappa shape index (κ2) is 11.2. The van der Waals surface area contributed by atoms with E-state index in [0.717, 1.165) is 39.3 Å². The van der Waals surface area contributed by atoms with Gasteiger partial charge in [-0.2, -0.15) is 0 Å². The van der Waals surface area contributed by atoms with Crippen molar-refractivity contribution in [2.75, 3.05) is 19.0 Å². The first kappa shape index (κ1) is 25.6. The fourth-order valence-corrected chi connectivity index (χ4v) is 5.75. The quantitative estimate of drug-likeness (QED) is 0.231. The van der Waals surface area contributed by atoms with Gasteiger partial charge in [0.2, 0.25) is 5.91 Å². The number of hydrogen-bond donors (Lipinski definition) is 2. The molecular formula is C32H29N5O2S. The number of nitrogens with zero attached hydrogens (tertiary/aromatic N) is 3. The van der Waals surface area contributed by atoms with Crippen molar-refractivity contribution in [3.63, 3.8) is 0 Å². The Bertz CT molecular complexity index is 1660. The van der Waals surface area contributed by atoms with E-state index in [1.54, 1.807) is 13.3 Å². The number of fused-ring (bicyclic) bond motifs is 1. The monoisotopic (exact) mass is 547 g/mol. The third-order valence-corrected chi connectivity index (χ3v) is 7.62. The van der Waals surface area contributed by atoms with Gasteiger partial charge in [0, 0.05) is 42.1 Å². The molecule has 7 nitrogen and oxygen atoms in total. The summed E-state index contributed by atoms with van der Waals surface area (Å²) in [4.78, 5) is 19.9. The molecular weight excluding hydrogens is 518 g/mol. The molecule has 1 aliphatic rings. The van der Waals surface area contributed by atoms with E-state index in [0.29, 0.717) is 11.7 Å². The van der Waals surface area contributed by atoms with Crippen molar-refractivity contribution in [2.24, 2.45) is 0 Å². The number of para-hydroxylation sites is 2. The summed E-state index contributed by atoms with van der Waals surface area (Å²) in [6, 6.07) is 31.5. The van der Waals surface area contributed by atoms with Gasteiger partial charge in [-0.25, -0.2) is 0 Å². The average molecular weight is 548 g/mol. The van der Waals surface area contributed by atoms with E-state index in [4.69, 9.17) is 17.0 Å². The van der Waals surface area contributed by atoms with Gasteiger partial charge in [-0.1, -0.05) is 54.6 Å². The van der Waals surface area contributed by atoms with Gasteiger partial charge in [-0.05, 0) is 60.1 Å². The zero-order valence-electron chi connectivity index (χ0n) is 22.0. The van der Waals surface area contributed by atoms with Crippen molar-refractivity contribution in [3.8, 4) is 11.4 Å². The SMILES string of the molecule is COc1ccccc1-n1cccc1[C@H]1[C@@H](c2ccccn2)NC(=S)N1CCC(=O)Nc1cccc2ccccc12. The molecule has 2 aromatic heterocycles. The molecule has 0 bridgehead atoms. The number of amides is 1. The Hall–Kier alpha value is -4.69. The molecule has 40 heavy (non-hydrogen) atoms. The highest BCUT2D eigenvalue weighted by Crippen LogP contribution is 2.40. The molecule has 1 saturated heterocycles. The Morgan fingerprint density at radius 3 is 2.62 bits per heavy atom. The van der Waals surface area contributed by atoms with Gasteiger partial charge >= 0.3 is 0 Å². The van der Waals surface area contributed by atoms with Crippen molar-refractivity contribution in [1.82, 2.24) is 19.8 Å². The van der Waals surface area contributed by atoms with Crippen LogP contribution in [0.4, 0.5) is 5.69 Å². The average Bonchev–Trinajstić information content (AvgIpc) is 3.60. The van der Waals surface area contributed by atoms with Gasteiger partial charge in [0.1, 0.15) is 5.75 Å². The van der Waals surface area contributed by atoms with Crippen molar-refractivity contribution < 1.29 is 9.53 Å². The first-order chi connectivity index (χ1) is 19.6. The van der Waals surface area contributed by atoms with Gasteiger partial charge < -0.3 is 24.8 Å². The number of hydrogen-bond acceptors (Lipinski definition) is 4. The fraction of sp³-hybridized carbons (Fsp3) is 0.156. The van der Waals surface area contributed by atoms with Gasteiger partial charge in [-0.3, -0.25) is 9.78 Å². The second-order valence-corrected chi connectivity index (χ2v) is 10.0. The van der Waals surface area contributed by atoms with Crippen LogP contribution in [0.15, 0.2) is 109 Å². The third-order valence-electron chi connectivity index (χ3n) is 7.27. The van der Waals surface area contributed by atoms with Crippen molar-refractivity contribution >= 4 is 39.7 Å². The van der Waals surface area contributed by atoms with Crippen molar-refractivity contribution in [1.29, 1.82) is 0 Å². The Labute approximate surface area is 238 Å². The number of aromatic nitrogens is 2. The molecule has 200 valence electrons. The number of benzene rings is 3. The number of ether oxygens (including phenoxy) is 1. The number of rotatable bonds is 8. The predicted molar refractivity (Wildman–Crippen MR) is 162 cm³/mol. The molecule has 3 aromatic carbocycles. The van der Waals surface area contributed by atoms with Crippen LogP contribution in [0.25, 0.3) is 16.5 Å². The normalized spacial score (nSPS) is 16.6. The summed E-state index contributed by atoms with van der Waals surface area (Å²) in [5.74, 6) is 0.697. The maximum atomic E-state index is 13.2. The Kier molecular flexibility index (Phi) is 7.16. The summed E-state index contributed by atoms with van der Waals surface area (Å²) in [6.07, 6.45) is 4.08. The Morgan fingerprint density at radius 1 is 0.975 bits per heavy atom. The van der Waals surface area contributed by atoms with Crippen LogP contribution >= 0.6 is 12.2 Å². The molecule has 0 unspecified atom stereocenters. The first-order valence-corrected chi connectivity index (χ1v) is 13.6. The lowest BCUT2D eigenvalue weighted by Crippen LogP contribution is -2.33. The van der Waals surface area contributed by atoms with Crippen LogP contribution in [0.3, 0.4) is 0 Å². The van der Waals surface area contributed by atoms with E-state index in [1.807, 2.05) is 97.2 Å². The Morgan fingerprint density at radius 2 is 1.77 bits per heavy atom. The molecule has 5 aromatic rings. The molecule has 2 N–H and O–H groups in total. The molecule has 6 rings (SSSR count). The van der Waals surface area contributed by atoms with E-state index in [1.165, 1.54) is 0 Å². The largest absolute Gasteiger partial charge is 0.495 e. The zero-order chi connectivity index (χ0) is 27.5. The molecule has 1 aliphatic heterocycles. The molecule has 1 amide bonds. The standard InChI is InChI=1S/C32H29N5O2S/c1-39-28-17-5-4-15-26(28)36-20-9-16-27(36)31-30(25-13-6-7-19-33-25)35-32(40)37(31)21-18-29(38)34-24-14-8-11-22-10-2-3-12-23(22)24/h2-17,19-20,30-31H,18,21H2,1H3,(H,34,38)(H,35,40)/t30-,31+/m1/s1. The number of nitrogens with one attached hydrogen (secondary N) is 2. The number of carbonyl (C=O) groups excluding carboxylic acids is 1. The summed E-state index contributed by atoms with van der Waals surface area (Å²) >= 11 is 5.84. The molecule has 0 aliphatic carbocycles. The number of pyridine rings is 1. The second-order valence-electron chi connectivity index (χ2n) is 9.62. The lowest BCUT2D eigenvalue weighted by atomic mass is 10.0. The molecule has 2 atom stereocenters. The number of thiocarbonyl (C=S) groups is 1. The van der Waals surface area contributed by atoms with E-state index in [-0.39, 0.29) is 24.4 Å². The minimum absolute atomic E-state index is 0.0701. The van der Waals surface area contributed by atoms with E-state index in [2.05, 4.69) is 31.2 Å². The van der Waals surface area contributed by atoms with E-state index < -0.39 is 0 Å². The van der Waals surface area contributed by atoms with Crippen molar-refractivity contribution in [3.05, 3.63) is 121 Å². The van der Waals surface area contributed by atoms with E-state index in [9.17, 15) is 4.79 Å². The van der Waals surface area contributed by atoms with Crippen LogP contribution in [-0.4, -0.2) is 39.1 Å². The summed E-state index contributed by atoms with van der Waals surface area (Å²) < 4.78 is 7.79. The smallest absolute Gasteiger partial charge is 0.226 e. The number of carbonyl (C=O) groups is 1. The van der Waals surface area contributed by atoms with E-state index >= 15 is 0 Å². The van der Waals surface area contributed by atoms with Gasteiger partial charge in [0.05, 0.1) is 30.6 Å². The maximum absolute atomic E-state index is 13.2. The van der Waals surface area contributed by atoms with Gasteiger partial charge in [-0.15, -0.1) is 0 Å². The molecule has 0 saturated carbocycles. The molecule has 0 spiro atoms. The summed E-state index contributed by atoms with van der Waals surface area (Å²) in [6.45, 7) is 0.438. The summed E-state index contributed by atoms with van der Waals surface area (Å²) in [5, 5.41) is 9.27. The van der Waals surface area contributed by atoms with Gasteiger partial charge in [0.25, 0.3) is 0 Å². The van der Waals surface area contributed by atoms with Crippen molar-refractivity contribution in [2.45, 2.75) is 18.5 Å². The molecule has 0 radical (unpaired) electrons. The van der Waals surface area contributed by atoms with Crippen LogP contribution < -0.4 is 15.4 Å². The third kappa shape index (κ3) is 4.89. The van der Waals surface area contributed by atoms with Crippen LogP contribution in [0.5, 0.6) is 5.75 Å². The fourth-order valence-electron chi connectivity index (χ4n) is 5.42. The Balaban J connectivity index is 1.30. The topological polar surface area (TPSA) is 71.4 Å². The summed E-state index contributed by atoms with van der Waals surface area (Å²) in [5.41, 5.74) is 3.63. The minimum atomic E-state index is -0.201. The van der Waals surface area contributed by atoms with Crippen LogP contribution in [-0.2, 0) is 4.79 Å². The summed E-state index contributed by atoms with van der Waals surface area (Å²) in [7, 11) is 1.67. The lowest BCUT2D eigenvalue weighted by molar-refractivity contribution is -0.116. The zero-order valence-corrected chi connectivity index (χ0v) is 22.8. The van der Waals surface area contributed by atoms with Gasteiger partial charge in [0.15, 0.2) is 5.11 Å². The van der Waals surface area contributed by atoms with Crippen LogP contribution in [0.1, 0.15) is 29.9 Å². The maximum Gasteiger partial charge on any atom is 0.226 e. The molecule has 3 heterocycles. The predicted octanol–water partition coefficient (Wildman–Crippen LogP) is 6.04. The highest BCUT2D eigenvalue weighted by Gasteiger charge is 2.41. The number of anilines is 1. The first-order valence-electron chi connectivity index (χ1n) is 13.2. The molecule has 1 fully saturated rings. The number of methoxy groups -OCH3 is 1. The highest BCUT2D eigenvalue weighted by molar-refractivity contribution is 7.80. The molecule has 8 heteroatoms. The highest BCUT2D eigenvalue weighted by atomic mass is 32.1.